The standard InChI is InChI=1S/C11H12N2O2/c1-8(2)11(15)13-10-5-3-4-9(6-10)12-7-14/h3-6,8H,1-2H3,(H,13,15). The molecule has 0 saturated carbocycles. The molecule has 0 fully saturated rings. The van der Waals surface area contributed by atoms with Gasteiger partial charge in [0.15, 0.2) is 0 Å². The number of nitrogens with zero attached hydrogens (tertiary/aromatic N) is 1. The van der Waals surface area contributed by atoms with Gasteiger partial charge in [-0.05, 0) is 18.2 Å². The van der Waals surface area contributed by atoms with Gasteiger partial charge in [-0.3, -0.25) is 4.79 Å². The minimum absolute atomic E-state index is 0.0674. The molecule has 1 aromatic carbocycles. The third-order valence-corrected chi connectivity index (χ3v) is 1.81. The first-order valence-electron chi connectivity index (χ1n) is 4.62. The van der Waals surface area contributed by atoms with Crippen molar-refractivity contribution in [2.24, 2.45) is 10.9 Å². The van der Waals surface area contributed by atoms with Gasteiger partial charge in [-0.15, -0.1) is 0 Å². The molecule has 4 nitrogen and oxygen atoms in total. The fraction of sp³-hybridized carbons (Fsp3) is 0.273. The van der Waals surface area contributed by atoms with E-state index in [2.05, 4.69) is 10.3 Å². The van der Waals surface area contributed by atoms with E-state index in [1.807, 2.05) is 13.8 Å². The van der Waals surface area contributed by atoms with Gasteiger partial charge in [0.2, 0.25) is 12.0 Å². The van der Waals surface area contributed by atoms with Crippen LogP contribution in [0.3, 0.4) is 0 Å². The first-order valence-corrected chi connectivity index (χ1v) is 4.62. The zero-order valence-corrected chi connectivity index (χ0v) is 8.65. The van der Waals surface area contributed by atoms with Gasteiger partial charge in [0.05, 0.1) is 5.69 Å². The van der Waals surface area contributed by atoms with Crippen molar-refractivity contribution in [1.82, 2.24) is 0 Å². The molecular weight excluding hydrogens is 192 g/mol. The van der Waals surface area contributed by atoms with Gasteiger partial charge in [-0.2, -0.15) is 4.99 Å². The van der Waals surface area contributed by atoms with Crippen LogP contribution in [-0.2, 0) is 9.59 Å². The van der Waals surface area contributed by atoms with Crippen LogP contribution < -0.4 is 5.32 Å². The number of carbonyl (C=O) groups is 1. The smallest absolute Gasteiger partial charge is 0.240 e. The van der Waals surface area contributed by atoms with Crippen LogP contribution in [0.1, 0.15) is 13.8 Å². The first-order chi connectivity index (χ1) is 7.13. The van der Waals surface area contributed by atoms with E-state index in [0.29, 0.717) is 11.4 Å². The average molecular weight is 204 g/mol. The molecule has 0 saturated heterocycles. The van der Waals surface area contributed by atoms with Crippen LogP contribution >= 0.6 is 0 Å². The summed E-state index contributed by atoms with van der Waals surface area (Å²) < 4.78 is 0. The summed E-state index contributed by atoms with van der Waals surface area (Å²) in [4.78, 5) is 24.9. The Morgan fingerprint density at radius 1 is 1.47 bits per heavy atom. The Bertz CT molecular complexity index is 407. The van der Waals surface area contributed by atoms with Crippen LogP contribution in [0.4, 0.5) is 11.4 Å². The Balaban J connectivity index is 2.82. The molecule has 1 rings (SSSR count). The molecule has 0 aliphatic carbocycles. The second-order valence-electron chi connectivity index (χ2n) is 3.40. The van der Waals surface area contributed by atoms with Crippen LogP contribution in [-0.4, -0.2) is 12.0 Å². The fourth-order valence-corrected chi connectivity index (χ4v) is 0.993. The van der Waals surface area contributed by atoms with Gasteiger partial charge in [0.1, 0.15) is 0 Å². The van der Waals surface area contributed by atoms with Gasteiger partial charge >= 0.3 is 0 Å². The topological polar surface area (TPSA) is 58.5 Å². The quantitative estimate of drug-likeness (QED) is 0.606. The van der Waals surface area contributed by atoms with Crippen molar-refractivity contribution in [3.8, 4) is 0 Å². The normalized spacial score (nSPS) is 9.53. The van der Waals surface area contributed by atoms with E-state index in [1.54, 1.807) is 24.3 Å². The third kappa shape index (κ3) is 3.37. The Morgan fingerprint density at radius 2 is 2.20 bits per heavy atom. The second-order valence-corrected chi connectivity index (χ2v) is 3.40. The van der Waals surface area contributed by atoms with Crippen molar-refractivity contribution >= 4 is 23.4 Å². The van der Waals surface area contributed by atoms with E-state index >= 15 is 0 Å². The predicted octanol–water partition coefficient (Wildman–Crippen LogP) is 2.25. The highest BCUT2D eigenvalue weighted by molar-refractivity contribution is 5.92. The first kappa shape index (κ1) is 11.1. The molecule has 0 unspecified atom stereocenters. The van der Waals surface area contributed by atoms with Crippen molar-refractivity contribution in [2.75, 3.05) is 5.32 Å². The van der Waals surface area contributed by atoms with Crippen molar-refractivity contribution in [2.45, 2.75) is 13.8 Å². The molecule has 0 atom stereocenters. The molecule has 0 spiro atoms. The minimum atomic E-state index is -0.0803. The van der Waals surface area contributed by atoms with E-state index in [1.165, 1.54) is 6.08 Å². The van der Waals surface area contributed by atoms with Crippen molar-refractivity contribution in [1.29, 1.82) is 0 Å². The third-order valence-electron chi connectivity index (χ3n) is 1.81. The van der Waals surface area contributed by atoms with Crippen molar-refractivity contribution in [3.05, 3.63) is 24.3 Å². The highest BCUT2D eigenvalue weighted by Gasteiger charge is 2.06. The summed E-state index contributed by atoms with van der Waals surface area (Å²) in [7, 11) is 0. The lowest BCUT2D eigenvalue weighted by atomic mass is 10.2. The molecule has 0 bridgehead atoms. The maximum Gasteiger partial charge on any atom is 0.240 e. The highest BCUT2D eigenvalue weighted by atomic mass is 16.1. The number of isocyanates is 1. The second kappa shape index (κ2) is 5.08. The molecule has 0 radical (unpaired) electrons. The molecule has 1 aromatic rings. The van der Waals surface area contributed by atoms with E-state index in [9.17, 15) is 9.59 Å². The predicted molar refractivity (Wildman–Crippen MR) is 57.7 cm³/mol. The maximum atomic E-state index is 11.4. The molecule has 1 amide bonds. The fourth-order valence-electron chi connectivity index (χ4n) is 0.993. The van der Waals surface area contributed by atoms with Gasteiger partial charge in [0.25, 0.3) is 0 Å². The molecule has 0 aliphatic heterocycles. The summed E-state index contributed by atoms with van der Waals surface area (Å²) >= 11 is 0. The Hall–Kier alpha value is -1.93. The largest absolute Gasteiger partial charge is 0.326 e. The molecule has 78 valence electrons. The van der Waals surface area contributed by atoms with Crippen LogP contribution in [0.15, 0.2) is 29.3 Å². The Kier molecular flexibility index (Phi) is 3.77. The lowest BCUT2D eigenvalue weighted by Crippen LogP contribution is -2.17. The number of carbonyl (C=O) groups excluding carboxylic acids is 2. The SMILES string of the molecule is CC(C)C(=O)Nc1cccc(N=C=O)c1. The summed E-state index contributed by atoms with van der Waals surface area (Å²) in [5, 5.41) is 2.71. The summed E-state index contributed by atoms with van der Waals surface area (Å²) in [6.45, 7) is 3.62. The van der Waals surface area contributed by atoms with Crippen LogP contribution in [0, 0.1) is 5.92 Å². The van der Waals surface area contributed by atoms with Gasteiger partial charge in [-0.1, -0.05) is 19.9 Å². The minimum Gasteiger partial charge on any atom is -0.326 e. The monoisotopic (exact) mass is 204 g/mol. The average Bonchev–Trinajstić information content (AvgIpc) is 2.18. The van der Waals surface area contributed by atoms with Gasteiger partial charge in [-0.25, -0.2) is 4.79 Å². The van der Waals surface area contributed by atoms with E-state index in [-0.39, 0.29) is 11.8 Å². The Morgan fingerprint density at radius 3 is 2.80 bits per heavy atom. The van der Waals surface area contributed by atoms with E-state index in [4.69, 9.17) is 0 Å². The molecule has 1 N–H and O–H groups in total. The lowest BCUT2D eigenvalue weighted by molar-refractivity contribution is -0.118. The molecular formula is C11H12N2O2. The van der Waals surface area contributed by atoms with Crippen LogP contribution in [0.5, 0.6) is 0 Å². The van der Waals surface area contributed by atoms with Crippen molar-refractivity contribution < 1.29 is 9.59 Å². The highest BCUT2D eigenvalue weighted by Crippen LogP contribution is 2.17. The zero-order valence-electron chi connectivity index (χ0n) is 8.65. The van der Waals surface area contributed by atoms with Gasteiger partial charge < -0.3 is 5.32 Å². The van der Waals surface area contributed by atoms with Crippen molar-refractivity contribution in [3.63, 3.8) is 0 Å². The Labute approximate surface area is 88.0 Å². The van der Waals surface area contributed by atoms with Crippen LogP contribution in [0.2, 0.25) is 0 Å². The van der Waals surface area contributed by atoms with E-state index < -0.39 is 0 Å². The number of aliphatic imine (C=N–C) groups is 1. The number of benzene rings is 1. The molecule has 0 heterocycles. The number of anilines is 1. The summed E-state index contributed by atoms with van der Waals surface area (Å²) in [5.74, 6) is -0.148. The number of hydrogen-bond acceptors (Lipinski definition) is 3. The molecule has 0 aliphatic rings. The number of rotatable bonds is 3. The lowest BCUT2D eigenvalue weighted by Gasteiger charge is -2.07. The summed E-state index contributed by atoms with van der Waals surface area (Å²) in [5.41, 5.74) is 1.11. The summed E-state index contributed by atoms with van der Waals surface area (Å²) in [6.07, 6.45) is 1.45. The van der Waals surface area contributed by atoms with Crippen LogP contribution in [0.25, 0.3) is 0 Å². The van der Waals surface area contributed by atoms with Gasteiger partial charge in [0, 0.05) is 11.6 Å². The molecule has 4 heteroatoms. The zero-order chi connectivity index (χ0) is 11.3. The maximum absolute atomic E-state index is 11.4. The number of hydrogen-bond donors (Lipinski definition) is 1. The molecule has 15 heavy (non-hydrogen) atoms. The summed E-state index contributed by atoms with van der Waals surface area (Å²) in [6, 6.07) is 6.73. The number of amides is 1. The van der Waals surface area contributed by atoms with E-state index in [0.717, 1.165) is 0 Å². The molecule has 0 aromatic heterocycles. The number of nitrogens with one attached hydrogen (secondary N) is 1.